The number of carbonyl (C=O) groups is 2. The fourth-order valence-corrected chi connectivity index (χ4v) is 4.70. The molecule has 0 radical (unpaired) electrons. The highest BCUT2D eigenvalue weighted by molar-refractivity contribution is 7.12. The van der Waals surface area contributed by atoms with Gasteiger partial charge in [0.25, 0.3) is 11.8 Å². The SMILES string of the molecule is Cc1cn(C(=O)c2c(Cl)cccc2Cl)c2ccc(NC(=O)c3sccc3Cl)cc12. The third-order valence-electron chi connectivity index (χ3n) is 4.48. The lowest BCUT2D eigenvalue weighted by atomic mass is 10.1. The van der Waals surface area contributed by atoms with E-state index in [0.29, 0.717) is 31.1 Å². The van der Waals surface area contributed by atoms with E-state index in [9.17, 15) is 9.59 Å². The van der Waals surface area contributed by atoms with Crippen molar-refractivity contribution in [2.75, 3.05) is 5.32 Å². The maximum Gasteiger partial charge on any atom is 0.267 e. The van der Waals surface area contributed by atoms with E-state index in [0.717, 1.165) is 10.9 Å². The van der Waals surface area contributed by atoms with Crippen molar-refractivity contribution in [2.24, 2.45) is 0 Å². The predicted octanol–water partition coefficient (Wildman–Crippen LogP) is 6.91. The van der Waals surface area contributed by atoms with Crippen molar-refractivity contribution in [2.45, 2.75) is 6.92 Å². The quantitative estimate of drug-likeness (QED) is 0.359. The van der Waals surface area contributed by atoms with Crippen LogP contribution >= 0.6 is 46.1 Å². The van der Waals surface area contributed by atoms with E-state index in [1.54, 1.807) is 48.0 Å². The number of benzene rings is 2. The third-order valence-corrected chi connectivity index (χ3v) is 6.45. The van der Waals surface area contributed by atoms with Crippen LogP contribution in [0, 0.1) is 6.92 Å². The second-order valence-electron chi connectivity index (χ2n) is 6.37. The van der Waals surface area contributed by atoms with Crippen molar-refractivity contribution in [1.29, 1.82) is 0 Å². The molecule has 2 heterocycles. The molecular formula is C21H13Cl3N2O2S. The zero-order valence-corrected chi connectivity index (χ0v) is 18.1. The summed E-state index contributed by atoms with van der Waals surface area (Å²) in [6, 6.07) is 12.0. The van der Waals surface area contributed by atoms with Crippen LogP contribution in [0.25, 0.3) is 10.9 Å². The Morgan fingerprint density at radius 3 is 2.38 bits per heavy atom. The molecule has 4 nitrogen and oxygen atoms in total. The number of hydrogen-bond acceptors (Lipinski definition) is 3. The minimum Gasteiger partial charge on any atom is -0.321 e. The van der Waals surface area contributed by atoms with Crippen molar-refractivity contribution in [3.05, 3.63) is 85.1 Å². The molecule has 1 amide bonds. The van der Waals surface area contributed by atoms with Crippen LogP contribution in [-0.4, -0.2) is 16.4 Å². The van der Waals surface area contributed by atoms with Crippen molar-refractivity contribution >= 4 is 74.5 Å². The molecule has 0 fully saturated rings. The van der Waals surface area contributed by atoms with Gasteiger partial charge in [0, 0.05) is 17.3 Å². The first kappa shape index (κ1) is 20.0. The first-order valence-corrected chi connectivity index (χ1v) is 10.5. The Labute approximate surface area is 185 Å². The summed E-state index contributed by atoms with van der Waals surface area (Å²) in [4.78, 5) is 25.9. The fraction of sp³-hybridized carbons (Fsp3) is 0.0476. The summed E-state index contributed by atoms with van der Waals surface area (Å²) < 4.78 is 1.51. The van der Waals surface area contributed by atoms with Crippen LogP contribution in [0.5, 0.6) is 0 Å². The molecule has 0 aliphatic heterocycles. The van der Waals surface area contributed by atoms with E-state index < -0.39 is 0 Å². The lowest BCUT2D eigenvalue weighted by molar-refractivity contribution is 0.0964. The predicted molar refractivity (Wildman–Crippen MR) is 120 cm³/mol. The summed E-state index contributed by atoms with van der Waals surface area (Å²) in [5.41, 5.74) is 2.42. The van der Waals surface area contributed by atoms with Gasteiger partial charge in [-0.05, 0) is 54.3 Å². The molecule has 0 unspecified atom stereocenters. The number of aryl methyl sites for hydroxylation is 1. The van der Waals surface area contributed by atoms with Gasteiger partial charge >= 0.3 is 0 Å². The first-order chi connectivity index (χ1) is 13.9. The van der Waals surface area contributed by atoms with Crippen molar-refractivity contribution in [3.8, 4) is 0 Å². The third kappa shape index (κ3) is 3.67. The van der Waals surface area contributed by atoms with Gasteiger partial charge in [-0.25, -0.2) is 0 Å². The molecule has 2 aromatic carbocycles. The molecule has 2 aromatic heterocycles. The van der Waals surface area contributed by atoms with Crippen molar-refractivity contribution in [1.82, 2.24) is 4.57 Å². The van der Waals surface area contributed by atoms with Crippen LogP contribution in [0.3, 0.4) is 0 Å². The Morgan fingerprint density at radius 2 is 1.72 bits per heavy atom. The number of halogens is 3. The van der Waals surface area contributed by atoms with Crippen molar-refractivity contribution < 1.29 is 9.59 Å². The summed E-state index contributed by atoms with van der Waals surface area (Å²) in [7, 11) is 0. The highest BCUT2D eigenvalue weighted by Crippen LogP contribution is 2.30. The molecule has 0 bridgehead atoms. The lowest BCUT2D eigenvalue weighted by Crippen LogP contribution is -2.12. The largest absolute Gasteiger partial charge is 0.321 e. The number of anilines is 1. The monoisotopic (exact) mass is 462 g/mol. The molecule has 29 heavy (non-hydrogen) atoms. The van der Waals surface area contributed by atoms with Gasteiger partial charge in [-0.2, -0.15) is 0 Å². The van der Waals surface area contributed by atoms with Gasteiger partial charge in [-0.15, -0.1) is 11.3 Å². The molecule has 0 saturated heterocycles. The van der Waals surface area contributed by atoms with E-state index in [2.05, 4.69) is 5.32 Å². The summed E-state index contributed by atoms with van der Waals surface area (Å²) in [5, 5.41) is 6.43. The zero-order chi connectivity index (χ0) is 20.7. The Hall–Kier alpha value is -2.31. The Morgan fingerprint density at radius 1 is 1.00 bits per heavy atom. The van der Waals surface area contributed by atoms with E-state index in [-0.39, 0.29) is 17.4 Å². The van der Waals surface area contributed by atoms with Gasteiger partial charge in [0.15, 0.2) is 0 Å². The molecule has 0 spiro atoms. The molecule has 0 saturated carbocycles. The molecule has 0 atom stereocenters. The topological polar surface area (TPSA) is 51.1 Å². The average Bonchev–Trinajstić information content (AvgIpc) is 3.25. The molecule has 146 valence electrons. The van der Waals surface area contributed by atoms with Crippen LogP contribution in [0.2, 0.25) is 15.1 Å². The molecule has 4 rings (SSSR count). The smallest absolute Gasteiger partial charge is 0.267 e. The molecule has 1 N–H and O–H groups in total. The second-order valence-corrected chi connectivity index (χ2v) is 8.51. The Kier molecular flexibility index (Phi) is 5.40. The van der Waals surface area contributed by atoms with Crippen LogP contribution < -0.4 is 5.32 Å². The van der Waals surface area contributed by atoms with Crippen LogP contribution in [0.4, 0.5) is 5.69 Å². The number of aromatic nitrogens is 1. The molecule has 8 heteroatoms. The van der Waals surface area contributed by atoms with Gasteiger partial charge in [-0.1, -0.05) is 40.9 Å². The number of nitrogens with zero attached hydrogens (tertiary/aromatic N) is 1. The normalized spacial score (nSPS) is 11.0. The average molecular weight is 464 g/mol. The first-order valence-electron chi connectivity index (χ1n) is 8.51. The number of carbonyl (C=O) groups excluding carboxylic acids is 2. The van der Waals surface area contributed by atoms with E-state index in [4.69, 9.17) is 34.8 Å². The Balaban J connectivity index is 1.71. The van der Waals surface area contributed by atoms with Gasteiger partial charge in [-0.3, -0.25) is 14.2 Å². The number of thiophene rings is 1. The second kappa shape index (κ2) is 7.84. The summed E-state index contributed by atoms with van der Waals surface area (Å²) in [6.07, 6.45) is 1.73. The standard InChI is InChI=1S/C21H13Cl3N2O2S/c1-11-10-26(21(28)18-14(22)3-2-4-15(18)23)17-6-5-12(9-13(11)17)25-20(27)19-16(24)7-8-29-19/h2-10H,1H3,(H,25,27). The fourth-order valence-electron chi connectivity index (χ4n) is 3.11. The molecule has 0 aliphatic carbocycles. The van der Waals surface area contributed by atoms with Crippen LogP contribution in [0.1, 0.15) is 25.6 Å². The van der Waals surface area contributed by atoms with Gasteiger partial charge in [0.2, 0.25) is 0 Å². The number of hydrogen-bond donors (Lipinski definition) is 1. The minimum atomic E-state index is -0.319. The van der Waals surface area contributed by atoms with Crippen LogP contribution in [0.15, 0.2) is 54.0 Å². The summed E-state index contributed by atoms with van der Waals surface area (Å²) in [5.74, 6) is -0.596. The summed E-state index contributed by atoms with van der Waals surface area (Å²) >= 11 is 19.7. The van der Waals surface area contributed by atoms with E-state index in [1.807, 2.05) is 13.0 Å². The highest BCUT2D eigenvalue weighted by Gasteiger charge is 2.20. The molecule has 4 aromatic rings. The number of amides is 1. The minimum absolute atomic E-state index is 0.248. The molecule has 0 aliphatic rings. The Bertz CT molecular complexity index is 1260. The maximum atomic E-state index is 13.1. The molecular weight excluding hydrogens is 451 g/mol. The van der Waals surface area contributed by atoms with Gasteiger partial charge < -0.3 is 5.32 Å². The van der Waals surface area contributed by atoms with Crippen LogP contribution in [-0.2, 0) is 0 Å². The number of nitrogens with one attached hydrogen (secondary N) is 1. The number of fused-ring (bicyclic) bond motifs is 1. The summed E-state index contributed by atoms with van der Waals surface area (Å²) in [6.45, 7) is 1.89. The highest BCUT2D eigenvalue weighted by atomic mass is 35.5. The number of rotatable bonds is 3. The van der Waals surface area contributed by atoms with Gasteiger partial charge in [0.05, 0.1) is 26.1 Å². The van der Waals surface area contributed by atoms with E-state index in [1.165, 1.54) is 15.9 Å². The van der Waals surface area contributed by atoms with Crippen molar-refractivity contribution in [3.63, 3.8) is 0 Å². The zero-order valence-electron chi connectivity index (χ0n) is 15.0. The maximum absolute atomic E-state index is 13.1. The van der Waals surface area contributed by atoms with E-state index >= 15 is 0 Å². The lowest BCUT2D eigenvalue weighted by Gasteiger charge is -2.09. The van der Waals surface area contributed by atoms with Gasteiger partial charge in [0.1, 0.15) is 4.88 Å².